The third-order valence-corrected chi connectivity index (χ3v) is 6.20. The van der Waals surface area contributed by atoms with Crippen molar-refractivity contribution in [2.24, 2.45) is 23.5 Å². The summed E-state index contributed by atoms with van der Waals surface area (Å²) < 4.78 is 0. The molecule has 2 fully saturated rings. The first-order valence-corrected chi connectivity index (χ1v) is 9.54. The molecule has 2 aliphatic rings. The highest BCUT2D eigenvalue weighted by Gasteiger charge is 2.41. The topological polar surface area (TPSA) is 55.1 Å². The summed E-state index contributed by atoms with van der Waals surface area (Å²) in [4.78, 5) is 12.8. The third-order valence-electron chi connectivity index (χ3n) is 5.84. The summed E-state index contributed by atoms with van der Waals surface area (Å²) in [6, 6.07) is 8.15. The number of halogens is 2. The van der Waals surface area contributed by atoms with Crippen molar-refractivity contribution in [2.75, 3.05) is 0 Å². The van der Waals surface area contributed by atoms with Crippen LogP contribution in [0.2, 0.25) is 5.02 Å². The summed E-state index contributed by atoms with van der Waals surface area (Å²) in [5, 5.41) is 4.03. The molecule has 1 aromatic rings. The maximum Gasteiger partial charge on any atom is 0.223 e. The molecule has 140 valence electrons. The van der Waals surface area contributed by atoms with Crippen LogP contribution in [0.3, 0.4) is 0 Å². The van der Waals surface area contributed by atoms with E-state index in [1.54, 1.807) is 0 Å². The van der Waals surface area contributed by atoms with Crippen LogP contribution in [0.1, 0.15) is 51.5 Å². The Morgan fingerprint density at radius 1 is 1.24 bits per heavy atom. The van der Waals surface area contributed by atoms with Crippen molar-refractivity contribution in [2.45, 2.75) is 64.0 Å². The van der Waals surface area contributed by atoms with E-state index in [0.717, 1.165) is 29.8 Å². The third kappa shape index (κ3) is 4.90. The van der Waals surface area contributed by atoms with Gasteiger partial charge in [0.15, 0.2) is 0 Å². The van der Waals surface area contributed by atoms with Gasteiger partial charge in [-0.1, -0.05) is 36.2 Å². The summed E-state index contributed by atoms with van der Waals surface area (Å²) in [6.07, 6.45) is 6.28. The fourth-order valence-electron chi connectivity index (χ4n) is 4.60. The number of carbonyl (C=O) groups excluding carboxylic acids is 1. The normalized spacial score (nSPS) is 28.8. The lowest BCUT2D eigenvalue weighted by atomic mass is 9.65. The SMILES string of the molecule is CC(C)(Cc1ccccc1Cl)NC(=O)C1CC2CCCC(C1)C2N.Cl. The van der Waals surface area contributed by atoms with E-state index in [9.17, 15) is 4.79 Å². The quantitative estimate of drug-likeness (QED) is 0.810. The van der Waals surface area contributed by atoms with E-state index in [2.05, 4.69) is 19.2 Å². The lowest BCUT2D eigenvalue weighted by Gasteiger charge is -2.44. The van der Waals surface area contributed by atoms with Crippen molar-refractivity contribution in [3.05, 3.63) is 34.9 Å². The smallest absolute Gasteiger partial charge is 0.223 e. The standard InChI is InChI=1S/C20H29ClN2O.ClH/c1-20(2,12-15-6-3-4-9-17(15)21)23-19(24)16-10-13-7-5-8-14(11-16)18(13)22;/h3-4,6,9,13-14,16,18H,5,7-8,10-12,22H2,1-2H3,(H,23,24);1H. The number of nitrogens with one attached hydrogen (secondary N) is 1. The molecule has 3 rings (SSSR count). The fourth-order valence-corrected chi connectivity index (χ4v) is 4.80. The molecule has 1 aromatic carbocycles. The number of amides is 1. The zero-order valence-electron chi connectivity index (χ0n) is 15.1. The van der Waals surface area contributed by atoms with Gasteiger partial charge in [0.25, 0.3) is 0 Å². The first-order chi connectivity index (χ1) is 11.4. The molecular formula is C20H30Cl2N2O. The van der Waals surface area contributed by atoms with Gasteiger partial charge in [0.2, 0.25) is 5.91 Å². The molecular weight excluding hydrogens is 355 g/mol. The second-order valence-electron chi connectivity index (χ2n) is 8.34. The monoisotopic (exact) mass is 384 g/mol. The van der Waals surface area contributed by atoms with Crippen LogP contribution < -0.4 is 11.1 Å². The predicted octanol–water partition coefficient (Wildman–Crippen LogP) is 4.35. The van der Waals surface area contributed by atoms with Crippen molar-refractivity contribution in [3.8, 4) is 0 Å². The largest absolute Gasteiger partial charge is 0.351 e. The molecule has 25 heavy (non-hydrogen) atoms. The first kappa shape index (κ1) is 20.5. The summed E-state index contributed by atoms with van der Waals surface area (Å²) in [7, 11) is 0. The highest BCUT2D eigenvalue weighted by Crippen LogP contribution is 2.42. The minimum absolute atomic E-state index is 0. The molecule has 2 bridgehead atoms. The van der Waals surface area contributed by atoms with E-state index in [4.69, 9.17) is 17.3 Å². The van der Waals surface area contributed by atoms with Gasteiger partial charge in [-0.3, -0.25) is 4.79 Å². The van der Waals surface area contributed by atoms with Gasteiger partial charge in [0, 0.05) is 22.5 Å². The summed E-state index contributed by atoms with van der Waals surface area (Å²) in [5.41, 5.74) is 7.11. The van der Waals surface area contributed by atoms with E-state index in [1.165, 1.54) is 19.3 Å². The van der Waals surface area contributed by atoms with E-state index < -0.39 is 0 Å². The number of hydrogen-bond donors (Lipinski definition) is 2. The number of benzene rings is 1. The highest BCUT2D eigenvalue weighted by molar-refractivity contribution is 6.31. The number of rotatable bonds is 4. The number of carbonyl (C=O) groups is 1. The van der Waals surface area contributed by atoms with Crippen molar-refractivity contribution in [1.29, 1.82) is 0 Å². The first-order valence-electron chi connectivity index (χ1n) is 9.17. The van der Waals surface area contributed by atoms with E-state index >= 15 is 0 Å². The lowest BCUT2D eigenvalue weighted by molar-refractivity contribution is -0.129. The highest BCUT2D eigenvalue weighted by atomic mass is 35.5. The Balaban J connectivity index is 0.00000225. The van der Waals surface area contributed by atoms with E-state index in [0.29, 0.717) is 17.9 Å². The van der Waals surface area contributed by atoms with Crippen molar-refractivity contribution in [1.82, 2.24) is 5.32 Å². The predicted molar refractivity (Wildman–Crippen MR) is 106 cm³/mol. The van der Waals surface area contributed by atoms with E-state index in [-0.39, 0.29) is 29.8 Å². The van der Waals surface area contributed by atoms with Crippen LogP contribution in [0, 0.1) is 17.8 Å². The number of nitrogens with two attached hydrogens (primary N) is 1. The summed E-state index contributed by atoms with van der Waals surface area (Å²) >= 11 is 6.27. The molecule has 0 heterocycles. The maximum atomic E-state index is 12.8. The van der Waals surface area contributed by atoms with Gasteiger partial charge in [-0.25, -0.2) is 0 Å². The molecule has 0 aliphatic heterocycles. The lowest BCUT2D eigenvalue weighted by Crippen LogP contribution is -2.52. The zero-order chi connectivity index (χ0) is 17.3. The van der Waals surface area contributed by atoms with Gasteiger partial charge < -0.3 is 11.1 Å². The molecule has 3 N–H and O–H groups in total. The minimum Gasteiger partial charge on any atom is -0.351 e. The van der Waals surface area contributed by atoms with Gasteiger partial charge in [-0.2, -0.15) is 0 Å². The Kier molecular flexibility index (Phi) is 6.80. The van der Waals surface area contributed by atoms with Crippen LogP contribution >= 0.6 is 24.0 Å². The van der Waals surface area contributed by atoms with Crippen molar-refractivity contribution >= 4 is 29.9 Å². The van der Waals surface area contributed by atoms with Crippen LogP contribution in [0.15, 0.2) is 24.3 Å². The van der Waals surface area contributed by atoms with Gasteiger partial charge >= 0.3 is 0 Å². The molecule has 0 radical (unpaired) electrons. The average molecular weight is 385 g/mol. The summed E-state index contributed by atoms with van der Waals surface area (Å²) in [5.74, 6) is 1.36. The Morgan fingerprint density at radius 2 is 1.84 bits per heavy atom. The molecule has 3 nitrogen and oxygen atoms in total. The van der Waals surface area contributed by atoms with Crippen LogP contribution in [-0.2, 0) is 11.2 Å². The molecule has 2 saturated carbocycles. The molecule has 2 atom stereocenters. The van der Waals surface area contributed by atoms with Gasteiger partial charge in [0.05, 0.1) is 0 Å². The second kappa shape index (κ2) is 8.28. The van der Waals surface area contributed by atoms with Crippen LogP contribution in [0.5, 0.6) is 0 Å². The molecule has 2 aliphatic carbocycles. The second-order valence-corrected chi connectivity index (χ2v) is 8.75. The van der Waals surface area contributed by atoms with Crippen molar-refractivity contribution in [3.63, 3.8) is 0 Å². The Hall–Kier alpha value is -0.770. The fraction of sp³-hybridized carbons (Fsp3) is 0.650. The average Bonchev–Trinajstić information content (AvgIpc) is 2.48. The Labute approximate surface area is 162 Å². The molecule has 0 saturated heterocycles. The van der Waals surface area contributed by atoms with Gasteiger partial charge in [0.1, 0.15) is 0 Å². The zero-order valence-corrected chi connectivity index (χ0v) is 16.7. The molecule has 1 amide bonds. The van der Waals surface area contributed by atoms with Crippen molar-refractivity contribution < 1.29 is 4.79 Å². The molecule has 0 spiro atoms. The minimum atomic E-state index is -0.309. The molecule has 2 unspecified atom stereocenters. The summed E-state index contributed by atoms with van der Waals surface area (Å²) in [6.45, 7) is 4.15. The van der Waals surface area contributed by atoms with E-state index in [1.807, 2.05) is 24.3 Å². The molecule has 0 aromatic heterocycles. The van der Waals surface area contributed by atoms with Crippen LogP contribution in [0.4, 0.5) is 0 Å². The number of fused-ring (bicyclic) bond motifs is 2. The number of hydrogen-bond acceptors (Lipinski definition) is 2. The Bertz CT molecular complexity index is 591. The van der Waals surface area contributed by atoms with Crippen LogP contribution in [0.25, 0.3) is 0 Å². The van der Waals surface area contributed by atoms with Gasteiger partial charge in [-0.15, -0.1) is 12.4 Å². The van der Waals surface area contributed by atoms with Crippen LogP contribution in [-0.4, -0.2) is 17.5 Å². The van der Waals surface area contributed by atoms with Gasteiger partial charge in [-0.05, 0) is 69.4 Å². The molecule has 5 heteroatoms. The maximum absolute atomic E-state index is 12.8. The Morgan fingerprint density at radius 3 is 2.44 bits per heavy atom.